The van der Waals surface area contributed by atoms with Crippen LogP contribution in [0.5, 0.6) is 0 Å². The Morgan fingerprint density at radius 1 is 0.375 bits per heavy atom. The van der Waals surface area contributed by atoms with E-state index in [4.69, 9.17) is 4.74 Å². The molecule has 426 valence electrons. The number of hydrogen-bond acceptors (Lipinski definition) is 5. The number of hydrogen-bond donors (Lipinski definition) is 3. The number of unbranched alkanes of at least 4 members (excludes halogenated alkanes) is 46. The van der Waals surface area contributed by atoms with Gasteiger partial charge in [0.1, 0.15) is 0 Å². The van der Waals surface area contributed by atoms with E-state index in [9.17, 15) is 19.8 Å². The van der Waals surface area contributed by atoms with Gasteiger partial charge in [0.25, 0.3) is 0 Å². The molecule has 0 saturated heterocycles. The van der Waals surface area contributed by atoms with Gasteiger partial charge in [0.05, 0.1) is 25.4 Å². The molecule has 0 aromatic carbocycles. The molecule has 0 bridgehead atoms. The summed E-state index contributed by atoms with van der Waals surface area (Å²) in [6, 6.07) is -0.547. The third-order valence-electron chi connectivity index (χ3n) is 15.2. The number of carbonyl (C=O) groups is 2. The molecule has 0 heterocycles. The zero-order chi connectivity index (χ0) is 52.2. The summed E-state index contributed by atoms with van der Waals surface area (Å²) < 4.78 is 5.48. The normalized spacial score (nSPS) is 12.7. The van der Waals surface area contributed by atoms with Crippen LogP contribution < -0.4 is 5.32 Å². The summed E-state index contributed by atoms with van der Waals surface area (Å²) in [5, 5.41) is 23.3. The molecule has 0 spiro atoms. The molecule has 0 fully saturated rings. The Kier molecular flexibility index (Phi) is 60.5. The van der Waals surface area contributed by atoms with Crippen LogP contribution in [0.4, 0.5) is 0 Å². The van der Waals surface area contributed by atoms with Crippen LogP contribution in [-0.4, -0.2) is 47.4 Å². The van der Waals surface area contributed by atoms with Crippen LogP contribution in [0, 0.1) is 0 Å². The smallest absolute Gasteiger partial charge is 0.305 e. The molecule has 6 nitrogen and oxygen atoms in total. The Balaban J connectivity index is 3.41. The quantitative estimate of drug-likeness (QED) is 0.0320. The van der Waals surface area contributed by atoms with E-state index in [-0.39, 0.29) is 18.5 Å². The molecule has 2 unspecified atom stereocenters. The first kappa shape index (κ1) is 70.3. The van der Waals surface area contributed by atoms with Gasteiger partial charge in [-0.3, -0.25) is 9.59 Å². The number of aliphatic hydroxyl groups is 2. The second-order valence-corrected chi connectivity index (χ2v) is 22.4. The lowest BCUT2D eigenvalue weighted by molar-refractivity contribution is -0.143. The molecular weight excluding hydrogens is 887 g/mol. The highest BCUT2D eigenvalue weighted by molar-refractivity contribution is 5.76. The number of allylic oxidation sites excluding steroid dienone is 4. The van der Waals surface area contributed by atoms with Crippen molar-refractivity contribution in [2.75, 3.05) is 13.2 Å². The first-order chi connectivity index (χ1) is 35.5. The Hall–Kier alpha value is -1.66. The molecule has 0 rings (SSSR count). The molecule has 3 N–H and O–H groups in total. The molecule has 0 saturated carbocycles. The SMILES string of the molecule is CCCCCCCC/C=C\CCCCCCCC(=O)OCCCCCCCCCCCCC/C=C\CCCCCCCCCC(=O)NC(CO)C(O)CCCCCCCCCCCCCCCCCCCC. The summed E-state index contributed by atoms with van der Waals surface area (Å²) in [4.78, 5) is 24.6. The van der Waals surface area contributed by atoms with E-state index in [2.05, 4.69) is 43.5 Å². The van der Waals surface area contributed by atoms with Gasteiger partial charge in [-0.1, -0.05) is 295 Å². The second kappa shape index (κ2) is 61.9. The minimum atomic E-state index is -0.669. The van der Waals surface area contributed by atoms with Gasteiger partial charge in [0.2, 0.25) is 5.91 Å². The van der Waals surface area contributed by atoms with Crippen molar-refractivity contribution in [1.82, 2.24) is 5.32 Å². The Bertz CT molecular complexity index is 1120. The highest BCUT2D eigenvalue weighted by Gasteiger charge is 2.20. The van der Waals surface area contributed by atoms with Crippen LogP contribution >= 0.6 is 0 Å². The first-order valence-electron chi connectivity index (χ1n) is 32.6. The van der Waals surface area contributed by atoms with Crippen LogP contribution in [0.25, 0.3) is 0 Å². The van der Waals surface area contributed by atoms with Gasteiger partial charge in [0.15, 0.2) is 0 Å². The fourth-order valence-electron chi connectivity index (χ4n) is 10.2. The third kappa shape index (κ3) is 57.6. The van der Waals surface area contributed by atoms with Gasteiger partial charge in [-0.2, -0.15) is 0 Å². The third-order valence-corrected chi connectivity index (χ3v) is 15.2. The molecule has 0 aromatic heterocycles. The van der Waals surface area contributed by atoms with Gasteiger partial charge < -0.3 is 20.3 Å². The number of rotatable bonds is 61. The van der Waals surface area contributed by atoms with Gasteiger partial charge in [-0.05, 0) is 77.0 Å². The number of amides is 1. The number of ether oxygens (including phenoxy) is 1. The summed E-state index contributed by atoms with van der Waals surface area (Å²) in [7, 11) is 0. The van der Waals surface area contributed by atoms with E-state index in [1.54, 1.807) is 0 Å². The maximum Gasteiger partial charge on any atom is 0.305 e. The minimum absolute atomic E-state index is 0.00265. The molecule has 0 radical (unpaired) electrons. The van der Waals surface area contributed by atoms with Crippen LogP contribution in [0.2, 0.25) is 0 Å². The van der Waals surface area contributed by atoms with E-state index in [0.717, 1.165) is 44.9 Å². The Morgan fingerprint density at radius 2 is 0.653 bits per heavy atom. The summed E-state index contributed by atoms with van der Waals surface area (Å²) >= 11 is 0. The maximum atomic E-state index is 12.5. The highest BCUT2D eigenvalue weighted by Crippen LogP contribution is 2.18. The largest absolute Gasteiger partial charge is 0.466 e. The average Bonchev–Trinajstić information content (AvgIpc) is 3.38. The zero-order valence-electron chi connectivity index (χ0n) is 48.7. The van der Waals surface area contributed by atoms with Crippen molar-refractivity contribution in [3.63, 3.8) is 0 Å². The molecule has 0 aliphatic heterocycles. The molecule has 1 amide bonds. The predicted molar refractivity (Wildman–Crippen MR) is 315 cm³/mol. The van der Waals surface area contributed by atoms with Gasteiger partial charge in [-0.15, -0.1) is 0 Å². The number of carbonyl (C=O) groups excluding carboxylic acids is 2. The van der Waals surface area contributed by atoms with E-state index in [1.807, 2.05) is 0 Å². The van der Waals surface area contributed by atoms with Crippen LogP contribution in [-0.2, 0) is 14.3 Å². The average molecular weight is 1010 g/mol. The van der Waals surface area contributed by atoms with E-state index in [1.165, 1.54) is 283 Å². The number of aliphatic hydroxyl groups excluding tert-OH is 2. The van der Waals surface area contributed by atoms with E-state index < -0.39 is 12.1 Å². The maximum absolute atomic E-state index is 12.5. The van der Waals surface area contributed by atoms with Crippen molar-refractivity contribution in [2.24, 2.45) is 0 Å². The Labute approximate surface area is 450 Å². The van der Waals surface area contributed by atoms with Crippen molar-refractivity contribution in [2.45, 2.75) is 373 Å². The molecule has 6 heteroatoms. The van der Waals surface area contributed by atoms with E-state index in [0.29, 0.717) is 25.9 Å². The lowest BCUT2D eigenvalue weighted by Gasteiger charge is -2.22. The predicted octanol–water partition coefficient (Wildman–Crippen LogP) is 20.6. The fraction of sp³-hybridized carbons (Fsp3) is 0.909. The van der Waals surface area contributed by atoms with Crippen molar-refractivity contribution in [3.8, 4) is 0 Å². The monoisotopic (exact) mass is 1010 g/mol. The summed E-state index contributed by atoms with van der Waals surface area (Å²) in [6.45, 7) is 4.97. The lowest BCUT2D eigenvalue weighted by atomic mass is 10.0. The van der Waals surface area contributed by atoms with Crippen molar-refractivity contribution >= 4 is 11.9 Å². The second-order valence-electron chi connectivity index (χ2n) is 22.4. The van der Waals surface area contributed by atoms with Crippen LogP contribution in [0.3, 0.4) is 0 Å². The topological polar surface area (TPSA) is 95.9 Å². The molecule has 0 aliphatic carbocycles. The fourth-order valence-corrected chi connectivity index (χ4v) is 10.2. The lowest BCUT2D eigenvalue weighted by Crippen LogP contribution is -2.45. The first-order valence-corrected chi connectivity index (χ1v) is 32.6. The summed E-state index contributed by atoms with van der Waals surface area (Å²) in [6.07, 6.45) is 76.2. The molecule has 72 heavy (non-hydrogen) atoms. The van der Waals surface area contributed by atoms with Crippen molar-refractivity contribution in [1.29, 1.82) is 0 Å². The summed E-state index contributed by atoms with van der Waals surface area (Å²) in [5.41, 5.74) is 0. The van der Waals surface area contributed by atoms with Crippen molar-refractivity contribution in [3.05, 3.63) is 24.3 Å². The molecular formula is C66H127NO5. The van der Waals surface area contributed by atoms with Gasteiger partial charge >= 0.3 is 5.97 Å². The molecule has 2 atom stereocenters. The molecule has 0 aromatic rings. The highest BCUT2D eigenvalue weighted by atomic mass is 16.5. The zero-order valence-corrected chi connectivity index (χ0v) is 48.7. The van der Waals surface area contributed by atoms with Crippen molar-refractivity contribution < 1.29 is 24.5 Å². The standard InChI is InChI=1S/C66H127NO5/c1-3-5-7-9-11-13-15-17-19-20-27-31-34-38-42-46-50-54-58-64(69)63(62-68)67-65(70)59-55-51-47-43-39-35-32-28-25-23-21-22-24-26-29-33-37-41-45-49-53-57-61-72-66(71)60-56-52-48-44-40-36-30-18-16-14-12-10-8-6-4-2/h18,23,25,30,63-64,68-69H,3-17,19-22,24,26-29,31-62H2,1-2H3,(H,67,70)/b25-23-,30-18-. The summed E-state index contributed by atoms with van der Waals surface area (Å²) in [5.74, 6) is -0.0364. The van der Waals surface area contributed by atoms with Crippen LogP contribution in [0.15, 0.2) is 24.3 Å². The van der Waals surface area contributed by atoms with E-state index >= 15 is 0 Å². The van der Waals surface area contributed by atoms with Gasteiger partial charge in [-0.25, -0.2) is 0 Å². The van der Waals surface area contributed by atoms with Crippen LogP contribution in [0.1, 0.15) is 361 Å². The Morgan fingerprint density at radius 3 is 0.986 bits per heavy atom. The minimum Gasteiger partial charge on any atom is -0.466 e. The number of esters is 1. The number of nitrogens with one attached hydrogen (secondary N) is 1. The van der Waals surface area contributed by atoms with Gasteiger partial charge in [0, 0.05) is 12.8 Å². The molecule has 0 aliphatic rings.